The summed E-state index contributed by atoms with van der Waals surface area (Å²) in [4.78, 5) is 10.5. The van der Waals surface area contributed by atoms with E-state index < -0.39 is 16.0 Å². The Bertz CT molecular complexity index is 346. The van der Waals surface area contributed by atoms with Gasteiger partial charge in [0.2, 0.25) is 10.0 Å². The molecule has 0 radical (unpaired) electrons. The first-order valence-corrected chi connectivity index (χ1v) is 7.69. The summed E-state index contributed by atoms with van der Waals surface area (Å²) in [6.07, 6.45) is 4.33. The van der Waals surface area contributed by atoms with E-state index in [4.69, 9.17) is 5.11 Å². The van der Waals surface area contributed by atoms with Gasteiger partial charge in [0.1, 0.15) is 0 Å². The second kappa shape index (κ2) is 6.35. The van der Waals surface area contributed by atoms with Crippen LogP contribution in [0.25, 0.3) is 0 Å². The fourth-order valence-electron chi connectivity index (χ4n) is 2.26. The van der Waals surface area contributed by atoms with Crippen LogP contribution < -0.4 is 0 Å². The highest BCUT2D eigenvalue weighted by Crippen LogP contribution is 2.26. The van der Waals surface area contributed by atoms with E-state index in [1.165, 1.54) is 4.31 Å². The maximum absolute atomic E-state index is 12.3. The molecule has 17 heavy (non-hydrogen) atoms. The molecule has 1 N–H and O–H groups in total. The first-order valence-electron chi connectivity index (χ1n) is 6.19. The standard InChI is InChI=1S/C11H21NO4S/c1-2-12(9-8-11(13)14)17(15,16)10-6-4-3-5-7-10/h10H,2-9H2,1H3,(H,13,14). The molecule has 5 nitrogen and oxygen atoms in total. The Morgan fingerprint density at radius 3 is 2.35 bits per heavy atom. The second-order valence-electron chi connectivity index (χ2n) is 4.44. The number of hydrogen-bond donors (Lipinski definition) is 1. The molecule has 0 aromatic heterocycles. The molecule has 0 aromatic rings. The van der Waals surface area contributed by atoms with Gasteiger partial charge in [0, 0.05) is 13.1 Å². The average molecular weight is 263 g/mol. The highest BCUT2D eigenvalue weighted by molar-refractivity contribution is 7.89. The van der Waals surface area contributed by atoms with E-state index >= 15 is 0 Å². The van der Waals surface area contributed by atoms with Crippen molar-refractivity contribution >= 4 is 16.0 Å². The van der Waals surface area contributed by atoms with Crippen molar-refractivity contribution in [3.8, 4) is 0 Å². The van der Waals surface area contributed by atoms with Crippen molar-refractivity contribution in [2.75, 3.05) is 13.1 Å². The second-order valence-corrected chi connectivity index (χ2v) is 6.65. The Balaban J connectivity index is 2.67. The number of hydrogen-bond acceptors (Lipinski definition) is 3. The van der Waals surface area contributed by atoms with Gasteiger partial charge in [-0.2, -0.15) is 0 Å². The maximum Gasteiger partial charge on any atom is 0.304 e. The minimum absolute atomic E-state index is 0.0880. The number of carboxylic acid groups (broad SMARTS) is 1. The third kappa shape index (κ3) is 3.96. The topological polar surface area (TPSA) is 74.7 Å². The molecule has 1 aliphatic carbocycles. The Morgan fingerprint density at radius 1 is 1.29 bits per heavy atom. The monoisotopic (exact) mass is 263 g/mol. The van der Waals surface area contributed by atoms with Crippen LogP contribution in [-0.2, 0) is 14.8 Å². The van der Waals surface area contributed by atoms with Crippen molar-refractivity contribution < 1.29 is 18.3 Å². The fraction of sp³-hybridized carbons (Fsp3) is 0.909. The lowest BCUT2D eigenvalue weighted by Gasteiger charge is -2.28. The normalized spacial score (nSPS) is 18.5. The Hall–Kier alpha value is -0.620. The number of carbonyl (C=O) groups is 1. The largest absolute Gasteiger partial charge is 0.481 e. The van der Waals surface area contributed by atoms with E-state index in [1.807, 2.05) is 0 Å². The molecule has 6 heteroatoms. The summed E-state index contributed by atoms with van der Waals surface area (Å²) in [6.45, 7) is 2.19. The number of carboxylic acids is 1. The molecule has 0 saturated heterocycles. The molecular formula is C11H21NO4S. The summed E-state index contributed by atoms with van der Waals surface area (Å²) in [5, 5.41) is 8.31. The van der Waals surface area contributed by atoms with Gasteiger partial charge in [-0.05, 0) is 12.8 Å². The molecule has 0 heterocycles. The van der Waals surface area contributed by atoms with Gasteiger partial charge in [-0.3, -0.25) is 4.79 Å². The van der Waals surface area contributed by atoms with Crippen LogP contribution in [0.15, 0.2) is 0 Å². The van der Waals surface area contributed by atoms with Crippen LogP contribution in [0.5, 0.6) is 0 Å². The smallest absolute Gasteiger partial charge is 0.304 e. The molecule has 0 unspecified atom stereocenters. The third-order valence-corrected chi connectivity index (χ3v) is 5.74. The van der Waals surface area contributed by atoms with Crippen molar-refractivity contribution in [2.24, 2.45) is 0 Å². The van der Waals surface area contributed by atoms with Crippen LogP contribution in [0.3, 0.4) is 0 Å². The van der Waals surface area contributed by atoms with E-state index in [-0.39, 0.29) is 18.2 Å². The zero-order valence-corrected chi connectivity index (χ0v) is 11.1. The zero-order valence-electron chi connectivity index (χ0n) is 10.3. The Labute approximate surface area is 103 Å². The average Bonchev–Trinajstić information content (AvgIpc) is 2.30. The first kappa shape index (κ1) is 14.4. The van der Waals surface area contributed by atoms with Crippen LogP contribution in [0.1, 0.15) is 45.4 Å². The van der Waals surface area contributed by atoms with Crippen LogP contribution in [0.4, 0.5) is 0 Å². The lowest BCUT2D eigenvalue weighted by atomic mass is 10.0. The van der Waals surface area contributed by atoms with Crippen LogP contribution in [-0.4, -0.2) is 42.1 Å². The van der Waals surface area contributed by atoms with Gasteiger partial charge in [0.25, 0.3) is 0 Å². The minimum atomic E-state index is -3.30. The lowest BCUT2D eigenvalue weighted by Crippen LogP contribution is -2.40. The molecule has 1 saturated carbocycles. The van der Waals surface area contributed by atoms with Gasteiger partial charge >= 0.3 is 5.97 Å². The van der Waals surface area contributed by atoms with Crippen molar-refractivity contribution in [3.05, 3.63) is 0 Å². The summed E-state index contributed by atoms with van der Waals surface area (Å²) in [7, 11) is -3.30. The molecule has 1 aliphatic rings. The fourth-order valence-corrected chi connectivity index (χ4v) is 4.32. The van der Waals surface area contributed by atoms with E-state index in [0.29, 0.717) is 19.4 Å². The number of nitrogens with zero attached hydrogens (tertiary/aromatic N) is 1. The van der Waals surface area contributed by atoms with Crippen LogP contribution in [0, 0.1) is 0 Å². The van der Waals surface area contributed by atoms with E-state index in [2.05, 4.69) is 0 Å². The van der Waals surface area contributed by atoms with Gasteiger partial charge in [0.05, 0.1) is 11.7 Å². The molecule has 0 atom stereocenters. The van der Waals surface area contributed by atoms with Gasteiger partial charge in [-0.1, -0.05) is 26.2 Å². The summed E-state index contributed by atoms with van der Waals surface area (Å²) in [5.41, 5.74) is 0. The molecule has 0 amide bonds. The quantitative estimate of drug-likeness (QED) is 0.787. The van der Waals surface area contributed by atoms with Gasteiger partial charge < -0.3 is 5.11 Å². The molecule has 0 aromatic carbocycles. The summed E-state index contributed by atoms with van der Waals surface area (Å²) >= 11 is 0. The predicted molar refractivity (Wildman–Crippen MR) is 65.3 cm³/mol. The third-order valence-electron chi connectivity index (χ3n) is 3.26. The SMILES string of the molecule is CCN(CCC(=O)O)S(=O)(=O)C1CCCCC1. The van der Waals surface area contributed by atoms with Gasteiger partial charge in [-0.15, -0.1) is 0 Å². The molecule has 0 bridgehead atoms. The molecule has 100 valence electrons. The van der Waals surface area contributed by atoms with Gasteiger partial charge in [0.15, 0.2) is 0 Å². The van der Waals surface area contributed by atoms with E-state index in [1.54, 1.807) is 6.92 Å². The van der Waals surface area contributed by atoms with Crippen molar-refractivity contribution in [3.63, 3.8) is 0 Å². The van der Waals surface area contributed by atoms with Crippen molar-refractivity contribution in [2.45, 2.75) is 50.7 Å². The predicted octanol–water partition coefficient (Wildman–Crippen LogP) is 1.45. The Morgan fingerprint density at radius 2 is 1.88 bits per heavy atom. The Kier molecular flexibility index (Phi) is 5.39. The highest BCUT2D eigenvalue weighted by atomic mass is 32.2. The number of sulfonamides is 1. The number of rotatable bonds is 6. The van der Waals surface area contributed by atoms with Crippen LogP contribution in [0.2, 0.25) is 0 Å². The molecule has 1 rings (SSSR count). The van der Waals surface area contributed by atoms with Gasteiger partial charge in [-0.25, -0.2) is 12.7 Å². The summed E-state index contributed by atoms with van der Waals surface area (Å²) in [5.74, 6) is -0.956. The molecular weight excluding hydrogens is 242 g/mol. The maximum atomic E-state index is 12.3. The molecule has 0 spiro atoms. The highest BCUT2D eigenvalue weighted by Gasteiger charge is 2.32. The molecule has 0 aliphatic heterocycles. The van der Waals surface area contributed by atoms with Crippen molar-refractivity contribution in [1.82, 2.24) is 4.31 Å². The summed E-state index contributed by atoms with van der Waals surface area (Å²) < 4.78 is 25.8. The first-order chi connectivity index (χ1) is 7.98. The zero-order chi connectivity index (χ0) is 12.9. The van der Waals surface area contributed by atoms with E-state index in [9.17, 15) is 13.2 Å². The lowest BCUT2D eigenvalue weighted by molar-refractivity contribution is -0.137. The summed E-state index contributed by atoms with van der Waals surface area (Å²) in [6, 6.07) is 0. The molecule has 1 fully saturated rings. The van der Waals surface area contributed by atoms with E-state index in [0.717, 1.165) is 19.3 Å². The van der Waals surface area contributed by atoms with Crippen LogP contribution >= 0.6 is 0 Å². The van der Waals surface area contributed by atoms with Crippen molar-refractivity contribution in [1.29, 1.82) is 0 Å². The number of aliphatic carboxylic acids is 1. The minimum Gasteiger partial charge on any atom is -0.481 e.